The van der Waals surface area contributed by atoms with Gasteiger partial charge in [-0.2, -0.15) is 0 Å². The average Bonchev–Trinajstić information content (AvgIpc) is 1.85. The van der Waals surface area contributed by atoms with Crippen LogP contribution in [0.4, 0.5) is 0 Å². The Kier molecular flexibility index (Phi) is 4.98. The molecule has 0 aliphatic heterocycles. The van der Waals surface area contributed by atoms with E-state index in [1.165, 1.54) is 0 Å². The maximum absolute atomic E-state index is 10.3. The average molecular weight is 314 g/mol. The minimum Gasteiger partial charge on any atom is -0.493 e. The maximum atomic E-state index is 10.3. The number of carbonyl (C=O) groups is 1. The minimum atomic E-state index is -1.15. The molecule has 0 aliphatic carbocycles. The van der Waals surface area contributed by atoms with E-state index >= 15 is 0 Å². The van der Waals surface area contributed by atoms with Crippen LogP contribution in [0.25, 0.3) is 0 Å². The van der Waals surface area contributed by atoms with Crippen molar-refractivity contribution in [3.8, 4) is 5.88 Å². The summed E-state index contributed by atoms with van der Waals surface area (Å²) in [6.07, 6.45) is 0. The molecule has 12 heavy (non-hydrogen) atoms. The molecule has 0 saturated heterocycles. The normalized spacial score (nSPS) is 8.75. The Morgan fingerprint density at radius 3 is 2.50 bits per heavy atom. The minimum absolute atomic E-state index is 0. The molecular weight excluding hydrogens is 310 g/mol. The summed E-state index contributed by atoms with van der Waals surface area (Å²) in [5, 5.41) is 17.2. The third-order valence-electron chi connectivity index (χ3n) is 1.03. The van der Waals surface area contributed by atoms with Gasteiger partial charge in [-0.3, -0.25) is 0 Å². The third-order valence-corrected chi connectivity index (χ3v) is 1.22. The second kappa shape index (κ2) is 4.95. The Labute approximate surface area is 107 Å². The van der Waals surface area contributed by atoms with Crippen LogP contribution in [0.5, 0.6) is 5.88 Å². The predicted octanol–water partition coefficient (Wildman–Crippen LogP) is 1.14. The van der Waals surface area contributed by atoms with Gasteiger partial charge in [0.2, 0.25) is 5.88 Å². The van der Waals surface area contributed by atoms with Crippen molar-refractivity contribution in [2.45, 2.75) is 0 Å². The van der Waals surface area contributed by atoms with E-state index in [4.69, 9.17) is 21.8 Å². The second-order valence-corrected chi connectivity index (χ2v) is 2.23. The van der Waals surface area contributed by atoms with E-state index in [0.29, 0.717) is 0 Å². The van der Waals surface area contributed by atoms with E-state index in [9.17, 15) is 4.79 Å². The molecule has 0 bridgehead atoms. The smallest absolute Gasteiger partial charge is 0.335 e. The summed E-state index contributed by atoms with van der Waals surface area (Å²) in [6.45, 7) is 0. The molecule has 1 aromatic heterocycles. The summed E-state index contributed by atoms with van der Waals surface area (Å²) in [5.41, 5.74) is -0.0810. The number of carboxylic acid groups (broad SMARTS) is 1. The van der Waals surface area contributed by atoms with E-state index in [0.717, 1.165) is 12.1 Å². The van der Waals surface area contributed by atoms with Crippen LogP contribution < -0.4 is 0 Å². The summed E-state index contributed by atoms with van der Waals surface area (Å²) in [4.78, 5) is 13.7. The Hall–Kier alpha value is 0.0736. The fourth-order valence-electron chi connectivity index (χ4n) is 0.607. The van der Waals surface area contributed by atoms with Gasteiger partial charge in [-0.25, -0.2) is 9.78 Å². The molecule has 1 radical (unpaired) electrons. The zero-order chi connectivity index (χ0) is 8.43. The van der Waals surface area contributed by atoms with Gasteiger partial charge in [-0.1, -0.05) is 11.6 Å². The number of aromatic hydroxyl groups is 1. The number of halogens is 1. The van der Waals surface area contributed by atoms with Crippen molar-refractivity contribution in [3.05, 3.63) is 22.8 Å². The first-order valence-electron chi connectivity index (χ1n) is 2.69. The van der Waals surface area contributed by atoms with Gasteiger partial charge in [0.25, 0.3) is 0 Å². The predicted molar refractivity (Wildman–Crippen MR) is 37.9 cm³/mol. The second-order valence-electron chi connectivity index (χ2n) is 1.84. The van der Waals surface area contributed by atoms with Crippen LogP contribution in [0.2, 0.25) is 5.15 Å². The van der Waals surface area contributed by atoms with Crippen molar-refractivity contribution in [1.29, 1.82) is 0 Å². The molecule has 0 fully saturated rings. The summed E-state index contributed by atoms with van der Waals surface area (Å²) in [6, 6.07) is 2.18. The molecule has 0 unspecified atom stereocenters. The number of hydrogen-bond donors (Lipinski definition) is 2. The van der Waals surface area contributed by atoms with E-state index in [1.54, 1.807) is 0 Å². The summed E-state index contributed by atoms with van der Waals surface area (Å²) in [7, 11) is 0. The van der Waals surface area contributed by atoms with E-state index in [1.807, 2.05) is 0 Å². The SMILES string of the molecule is O=C(O)c1cc(O)nc(Cl)c1.[Pr]. The quantitative estimate of drug-likeness (QED) is 0.763. The molecule has 2 N–H and O–H groups in total. The molecule has 1 heterocycles. The first kappa shape index (κ1) is 12.1. The van der Waals surface area contributed by atoms with E-state index in [-0.39, 0.29) is 52.0 Å². The van der Waals surface area contributed by atoms with Crippen LogP contribution >= 0.6 is 11.6 Å². The zero-order valence-corrected chi connectivity index (χ0v) is 10.3. The summed E-state index contributed by atoms with van der Waals surface area (Å²) < 4.78 is 0. The summed E-state index contributed by atoms with van der Waals surface area (Å²) in [5.74, 6) is -1.54. The number of aromatic carboxylic acids is 1. The molecule has 4 nitrogen and oxygen atoms in total. The van der Waals surface area contributed by atoms with Crippen molar-refractivity contribution < 1.29 is 56.3 Å². The van der Waals surface area contributed by atoms with Crippen LogP contribution in [0.15, 0.2) is 12.1 Å². The number of hydrogen-bond acceptors (Lipinski definition) is 3. The largest absolute Gasteiger partial charge is 0.493 e. The fraction of sp³-hybridized carbons (Fsp3) is 0. The van der Waals surface area contributed by atoms with Gasteiger partial charge >= 0.3 is 5.97 Å². The standard InChI is InChI=1S/C6H4ClNO3.Pr/c7-4-1-3(6(10)11)2-5(9)8-4;/h1-2H,(H,8,9)(H,10,11);. The molecule has 6 heteroatoms. The molecule has 61 valence electrons. The Morgan fingerprint density at radius 1 is 1.50 bits per heavy atom. The molecular formula is C6H4ClNO3Pr. The van der Waals surface area contributed by atoms with Gasteiger partial charge in [0.1, 0.15) is 5.15 Å². The number of nitrogens with zero attached hydrogens (tertiary/aromatic N) is 1. The molecule has 1 aromatic rings. The molecule has 0 saturated carbocycles. The Bertz CT molecular complexity index is 285. The number of pyridine rings is 1. The van der Waals surface area contributed by atoms with E-state index in [2.05, 4.69) is 4.98 Å². The van der Waals surface area contributed by atoms with Crippen molar-refractivity contribution in [2.24, 2.45) is 0 Å². The van der Waals surface area contributed by atoms with Crippen LogP contribution in [0, 0.1) is 41.3 Å². The number of rotatable bonds is 1. The first-order chi connectivity index (χ1) is 5.09. The Morgan fingerprint density at radius 2 is 2.08 bits per heavy atom. The van der Waals surface area contributed by atoms with Gasteiger partial charge in [-0.05, 0) is 6.07 Å². The number of carboxylic acids is 1. The van der Waals surface area contributed by atoms with Crippen LogP contribution in [0.1, 0.15) is 10.4 Å². The van der Waals surface area contributed by atoms with Gasteiger partial charge in [0.15, 0.2) is 0 Å². The molecule has 0 amide bonds. The molecule has 0 aromatic carbocycles. The zero-order valence-electron chi connectivity index (χ0n) is 5.86. The topological polar surface area (TPSA) is 70.4 Å². The van der Waals surface area contributed by atoms with Gasteiger partial charge < -0.3 is 10.2 Å². The van der Waals surface area contributed by atoms with Crippen LogP contribution in [0.3, 0.4) is 0 Å². The molecule has 1 rings (SSSR count). The summed E-state index contributed by atoms with van der Waals surface area (Å²) >= 11 is 5.36. The monoisotopic (exact) mass is 314 g/mol. The van der Waals surface area contributed by atoms with Gasteiger partial charge in [0.05, 0.1) is 5.56 Å². The Balaban J connectivity index is 0.00000121. The van der Waals surface area contributed by atoms with Crippen molar-refractivity contribution in [1.82, 2.24) is 4.98 Å². The van der Waals surface area contributed by atoms with Crippen molar-refractivity contribution >= 4 is 17.6 Å². The maximum Gasteiger partial charge on any atom is 0.335 e. The van der Waals surface area contributed by atoms with Crippen LogP contribution in [-0.2, 0) is 0 Å². The van der Waals surface area contributed by atoms with Crippen molar-refractivity contribution in [2.75, 3.05) is 0 Å². The fourth-order valence-corrected chi connectivity index (χ4v) is 0.811. The molecule has 0 atom stereocenters. The van der Waals surface area contributed by atoms with Crippen molar-refractivity contribution in [3.63, 3.8) is 0 Å². The van der Waals surface area contributed by atoms with Crippen LogP contribution in [-0.4, -0.2) is 21.2 Å². The van der Waals surface area contributed by atoms with Gasteiger partial charge in [0, 0.05) is 47.4 Å². The first-order valence-corrected chi connectivity index (χ1v) is 3.07. The van der Waals surface area contributed by atoms with E-state index < -0.39 is 11.8 Å². The molecule has 0 aliphatic rings. The third kappa shape index (κ3) is 3.21. The van der Waals surface area contributed by atoms with Gasteiger partial charge in [-0.15, -0.1) is 0 Å². The molecule has 0 spiro atoms. The number of aromatic nitrogens is 1.